The molecule has 2 N–H and O–H groups in total. The molecule has 1 saturated heterocycles. The fraction of sp³-hybridized carbons (Fsp3) is 0.280. The van der Waals surface area contributed by atoms with Crippen LogP contribution in [0.15, 0.2) is 85.2 Å². The van der Waals surface area contributed by atoms with Crippen LogP contribution in [-0.2, 0) is 4.74 Å². The molecule has 3 aromatic rings. The van der Waals surface area contributed by atoms with Crippen molar-refractivity contribution in [3.63, 3.8) is 0 Å². The van der Waals surface area contributed by atoms with Gasteiger partial charge in [-0.05, 0) is 42.6 Å². The number of cyclic esters (lactones) is 1. The molecule has 2 atom stereocenters. The predicted molar refractivity (Wildman–Crippen MR) is 120 cm³/mol. The molecule has 0 aliphatic carbocycles. The van der Waals surface area contributed by atoms with Gasteiger partial charge in [-0.2, -0.15) is 0 Å². The van der Waals surface area contributed by atoms with Gasteiger partial charge in [0, 0.05) is 25.4 Å². The fourth-order valence-electron chi connectivity index (χ4n) is 3.44. The van der Waals surface area contributed by atoms with E-state index in [1.807, 2.05) is 61.7 Å². The molecular weight excluding hydrogens is 374 g/mol. The van der Waals surface area contributed by atoms with E-state index in [0.29, 0.717) is 13.1 Å². The Morgan fingerprint density at radius 3 is 2.23 bits per heavy atom. The van der Waals surface area contributed by atoms with E-state index in [2.05, 4.69) is 29.2 Å². The number of carbonyl (C=O) groups excluding carboxylic acids is 1. The smallest absolute Gasteiger partial charge is 0.410 e. The Balaban J connectivity index is 0.000000367. The average molecular weight is 404 g/mol. The third-order valence-electron chi connectivity index (χ3n) is 5.20. The van der Waals surface area contributed by atoms with Crippen molar-refractivity contribution < 1.29 is 9.53 Å². The van der Waals surface area contributed by atoms with Crippen molar-refractivity contribution in [2.45, 2.75) is 31.9 Å². The van der Waals surface area contributed by atoms with Crippen molar-refractivity contribution >= 4 is 6.09 Å². The maximum absolute atomic E-state index is 12.2. The summed E-state index contributed by atoms with van der Waals surface area (Å²) < 4.78 is 5.47. The Hall–Kier alpha value is -3.18. The molecule has 2 aromatic carbocycles. The van der Waals surface area contributed by atoms with Crippen molar-refractivity contribution in [3.8, 4) is 11.1 Å². The monoisotopic (exact) mass is 403 g/mol. The Labute approximate surface area is 178 Å². The Bertz CT molecular complexity index is 859. The summed E-state index contributed by atoms with van der Waals surface area (Å²) in [5.41, 5.74) is 8.83. The molecule has 5 heteroatoms. The number of benzene rings is 2. The normalized spacial score (nSPS) is 16.8. The zero-order valence-electron chi connectivity index (χ0n) is 17.4. The lowest BCUT2D eigenvalue weighted by Crippen LogP contribution is -2.43. The Morgan fingerprint density at radius 1 is 1.03 bits per heavy atom. The highest BCUT2D eigenvalue weighted by molar-refractivity contribution is 5.69. The van der Waals surface area contributed by atoms with Crippen LogP contribution in [-0.4, -0.2) is 35.2 Å². The minimum absolute atomic E-state index is 0.0146. The topological polar surface area (TPSA) is 68.5 Å². The van der Waals surface area contributed by atoms with Gasteiger partial charge in [0.05, 0.1) is 6.04 Å². The van der Waals surface area contributed by atoms with Gasteiger partial charge < -0.3 is 15.4 Å². The van der Waals surface area contributed by atoms with Gasteiger partial charge in [0.15, 0.2) is 0 Å². The van der Waals surface area contributed by atoms with Gasteiger partial charge in [-0.1, -0.05) is 66.7 Å². The van der Waals surface area contributed by atoms with Gasteiger partial charge >= 0.3 is 6.09 Å². The number of hydrogen-bond acceptors (Lipinski definition) is 4. The number of aromatic nitrogens is 1. The minimum atomic E-state index is -0.247. The van der Waals surface area contributed by atoms with Crippen molar-refractivity contribution in [1.29, 1.82) is 0 Å². The van der Waals surface area contributed by atoms with Crippen LogP contribution in [0.2, 0.25) is 0 Å². The molecule has 156 valence electrons. The molecule has 4 rings (SSSR count). The van der Waals surface area contributed by atoms with E-state index in [0.717, 1.165) is 29.5 Å². The van der Waals surface area contributed by atoms with E-state index in [1.54, 1.807) is 11.1 Å². The quantitative estimate of drug-likeness (QED) is 0.647. The Morgan fingerprint density at radius 2 is 1.70 bits per heavy atom. The molecule has 5 nitrogen and oxygen atoms in total. The molecule has 1 fully saturated rings. The first-order valence-electron chi connectivity index (χ1n) is 10.4. The summed E-state index contributed by atoms with van der Waals surface area (Å²) in [6, 6.07) is 24.2. The van der Waals surface area contributed by atoms with Gasteiger partial charge in [0.25, 0.3) is 0 Å². The number of rotatable bonds is 5. The molecule has 2 heterocycles. The van der Waals surface area contributed by atoms with Gasteiger partial charge in [-0.3, -0.25) is 4.98 Å². The van der Waals surface area contributed by atoms with E-state index < -0.39 is 0 Å². The van der Waals surface area contributed by atoms with Crippen LogP contribution >= 0.6 is 0 Å². The van der Waals surface area contributed by atoms with E-state index in [1.165, 1.54) is 0 Å². The third-order valence-corrected chi connectivity index (χ3v) is 5.20. The second kappa shape index (κ2) is 11.1. The van der Waals surface area contributed by atoms with Crippen LogP contribution in [0.4, 0.5) is 4.79 Å². The lowest BCUT2D eigenvalue weighted by Gasteiger charge is -2.35. The van der Waals surface area contributed by atoms with Gasteiger partial charge in [-0.15, -0.1) is 0 Å². The van der Waals surface area contributed by atoms with Crippen molar-refractivity contribution in [2.75, 3.05) is 13.1 Å². The standard InChI is InChI=1S/C19H23N3O2.C6H6/c1-14(22-12-9-18(8-10-20)24-19(22)23)15-4-6-16(7-5-15)17-3-2-11-21-13-17;1-2-4-6-5-3-1/h2-7,11,13-14,18H,8-10,12,20H2,1H3;1-6H. The predicted octanol–water partition coefficient (Wildman–Crippen LogP) is 5.06. The molecule has 0 radical (unpaired) electrons. The van der Waals surface area contributed by atoms with E-state index in [-0.39, 0.29) is 18.2 Å². The SMILES string of the molecule is CC(c1ccc(-c2cccnc2)cc1)N1CCC(CCN)OC1=O.c1ccccc1. The van der Waals surface area contributed by atoms with Crippen molar-refractivity contribution in [2.24, 2.45) is 5.73 Å². The van der Waals surface area contributed by atoms with Crippen LogP contribution in [0.5, 0.6) is 0 Å². The molecule has 0 spiro atoms. The first-order valence-corrected chi connectivity index (χ1v) is 10.4. The summed E-state index contributed by atoms with van der Waals surface area (Å²) in [5, 5.41) is 0. The van der Waals surface area contributed by atoms with Gasteiger partial charge in [0.1, 0.15) is 6.10 Å². The van der Waals surface area contributed by atoms with Crippen LogP contribution in [0.25, 0.3) is 11.1 Å². The number of ether oxygens (including phenoxy) is 1. The van der Waals surface area contributed by atoms with Crippen molar-refractivity contribution in [3.05, 3.63) is 90.8 Å². The summed E-state index contributed by atoms with van der Waals surface area (Å²) in [6.07, 6.45) is 4.88. The number of nitrogens with two attached hydrogens (primary N) is 1. The first-order chi connectivity index (χ1) is 14.7. The second-order valence-corrected chi connectivity index (χ2v) is 7.26. The van der Waals surface area contributed by atoms with Gasteiger partial charge in [0.2, 0.25) is 0 Å². The highest BCUT2D eigenvalue weighted by Crippen LogP contribution is 2.27. The lowest BCUT2D eigenvalue weighted by molar-refractivity contribution is 0.0110. The van der Waals surface area contributed by atoms with Crippen LogP contribution in [0, 0.1) is 0 Å². The maximum atomic E-state index is 12.2. The third kappa shape index (κ3) is 5.91. The Kier molecular flexibility index (Phi) is 7.98. The minimum Gasteiger partial charge on any atom is -0.446 e. The van der Waals surface area contributed by atoms with Crippen LogP contribution in [0.1, 0.15) is 31.4 Å². The second-order valence-electron chi connectivity index (χ2n) is 7.26. The maximum Gasteiger partial charge on any atom is 0.410 e. The van der Waals surface area contributed by atoms with Gasteiger partial charge in [-0.25, -0.2) is 4.79 Å². The summed E-state index contributed by atoms with van der Waals surface area (Å²) >= 11 is 0. The number of pyridine rings is 1. The molecule has 1 amide bonds. The van der Waals surface area contributed by atoms with Crippen LogP contribution < -0.4 is 5.73 Å². The number of hydrogen-bond donors (Lipinski definition) is 1. The number of amides is 1. The lowest BCUT2D eigenvalue weighted by atomic mass is 10.0. The van der Waals surface area contributed by atoms with Crippen LogP contribution in [0.3, 0.4) is 0 Å². The highest BCUT2D eigenvalue weighted by Gasteiger charge is 2.30. The van der Waals surface area contributed by atoms with Crippen molar-refractivity contribution in [1.82, 2.24) is 9.88 Å². The molecule has 0 saturated carbocycles. The molecule has 30 heavy (non-hydrogen) atoms. The molecular formula is C25H29N3O2. The zero-order valence-corrected chi connectivity index (χ0v) is 17.4. The summed E-state index contributed by atoms with van der Waals surface area (Å²) in [6.45, 7) is 3.28. The first kappa shape index (κ1) is 21.5. The van der Waals surface area contributed by atoms with E-state index >= 15 is 0 Å². The summed E-state index contributed by atoms with van der Waals surface area (Å²) in [4.78, 5) is 18.2. The van der Waals surface area contributed by atoms with E-state index in [4.69, 9.17) is 10.5 Å². The largest absolute Gasteiger partial charge is 0.446 e. The fourth-order valence-corrected chi connectivity index (χ4v) is 3.44. The molecule has 1 aliphatic heterocycles. The molecule has 2 unspecified atom stereocenters. The molecule has 1 aliphatic rings. The molecule has 0 bridgehead atoms. The number of carbonyl (C=O) groups is 1. The zero-order chi connectivity index (χ0) is 21.2. The number of nitrogens with zero attached hydrogens (tertiary/aromatic N) is 2. The molecule has 1 aromatic heterocycles. The average Bonchev–Trinajstić information content (AvgIpc) is 2.81. The van der Waals surface area contributed by atoms with E-state index in [9.17, 15) is 4.79 Å². The summed E-state index contributed by atoms with van der Waals surface area (Å²) in [5.74, 6) is 0. The summed E-state index contributed by atoms with van der Waals surface area (Å²) in [7, 11) is 0. The highest BCUT2D eigenvalue weighted by atomic mass is 16.6.